The van der Waals surface area contributed by atoms with E-state index in [-0.39, 0.29) is 122 Å². The van der Waals surface area contributed by atoms with E-state index in [0.717, 1.165) is 0 Å². The Hall–Kier alpha value is 3.48. The van der Waals surface area contributed by atoms with Crippen molar-refractivity contribution in [1.82, 2.24) is 0 Å². The van der Waals surface area contributed by atoms with E-state index in [9.17, 15) is 0 Å². The third kappa shape index (κ3) is 25.9. The van der Waals surface area contributed by atoms with Gasteiger partial charge in [-0.05, 0) is 0 Å². The SMILES string of the molecule is [Cl-].[Cl-].[Cl-].[Cl-].[K+].[Pt+2]. The largest absolute Gasteiger partial charge is 2.00 e. The van der Waals surface area contributed by atoms with Gasteiger partial charge in [-0.15, -0.1) is 0 Å². The summed E-state index contributed by atoms with van der Waals surface area (Å²) in [7, 11) is 0. The number of hydrogen-bond acceptors (Lipinski definition) is 0. The van der Waals surface area contributed by atoms with Crippen LogP contribution in [0.4, 0.5) is 0 Å². The molecule has 0 aliphatic heterocycles. The third-order valence-corrected chi connectivity index (χ3v) is 0. The molecule has 0 rings (SSSR count). The summed E-state index contributed by atoms with van der Waals surface area (Å²) in [6.45, 7) is 0. The zero-order valence-electron chi connectivity index (χ0n) is 2.83. The number of halogens is 4. The summed E-state index contributed by atoms with van der Waals surface area (Å²) < 4.78 is 0. The summed E-state index contributed by atoms with van der Waals surface area (Å²) in [5.74, 6) is 0. The van der Waals surface area contributed by atoms with Gasteiger partial charge in [-0.2, -0.15) is 0 Å². The van der Waals surface area contributed by atoms with Crippen molar-refractivity contribution in [2.24, 2.45) is 0 Å². The van der Waals surface area contributed by atoms with Gasteiger partial charge in [0.1, 0.15) is 0 Å². The Balaban J connectivity index is 0. The summed E-state index contributed by atoms with van der Waals surface area (Å²) in [6.07, 6.45) is 0. The van der Waals surface area contributed by atoms with Gasteiger partial charge in [-0.25, -0.2) is 0 Å². The molecule has 0 aromatic carbocycles. The van der Waals surface area contributed by atoms with Crippen LogP contribution in [0.2, 0.25) is 0 Å². The van der Waals surface area contributed by atoms with E-state index in [4.69, 9.17) is 0 Å². The van der Waals surface area contributed by atoms with Crippen LogP contribution in [0.1, 0.15) is 0 Å². The monoisotopic (exact) mass is 374 g/mol. The third-order valence-electron chi connectivity index (χ3n) is 0. The molecule has 0 saturated carbocycles. The van der Waals surface area contributed by atoms with Gasteiger partial charge in [0, 0.05) is 0 Å². The van der Waals surface area contributed by atoms with Gasteiger partial charge >= 0.3 is 72.4 Å². The molecule has 6 heteroatoms. The summed E-state index contributed by atoms with van der Waals surface area (Å²) in [5.41, 5.74) is 0. The molecule has 0 fully saturated rings. The van der Waals surface area contributed by atoms with Crippen LogP contribution in [0.3, 0.4) is 0 Å². The first-order valence-corrected chi connectivity index (χ1v) is 0. The van der Waals surface area contributed by atoms with E-state index < -0.39 is 0 Å². The minimum atomic E-state index is 0. The van der Waals surface area contributed by atoms with Crippen LogP contribution in [-0.4, -0.2) is 0 Å². The van der Waals surface area contributed by atoms with Crippen LogP contribution in [0.5, 0.6) is 0 Å². The second kappa shape index (κ2) is 39.1. The molecule has 0 aliphatic rings. The summed E-state index contributed by atoms with van der Waals surface area (Å²) in [5, 5.41) is 0. The molecular formula is Cl4KPt-. The van der Waals surface area contributed by atoms with E-state index >= 15 is 0 Å². The normalized spacial score (nSPS) is 0. The average molecular weight is 376 g/mol. The predicted molar refractivity (Wildman–Crippen MR) is 0 cm³/mol. The zero-order valence-corrected chi connectivity index (χ0v) is 11.2. The van der Waals surface area contributed by atoms with Crippen molar-refractivity contribution in [2.45, 2.75) is 0 Å². The number of hydrogen-bond donors (Lipinski definition) is 0. The molecule has 0 N–H and O–H groups in total. The van der Waals surface area contributed by atoms with Crippen molar-refractivity contribution in [3.8, 4) is 0 Å². The summed E-state index contributed by atoms with van der Waals surface area (Å²) in [6, 6.07) is 0. The molecule has 0 aromatic rings. The Morgan fingerprint density at radius 2 is 0.500 bits per heavy atom. The summed E-state index contributed by atoms with van der Waals surface area (Å²) >= 11 is 0. The van der Waals surface area contributed by atoms with Crippen molar-refractivity contribution >= 4 is 0 Å². The smallest absolute Gasteiger partial charge is 1.00 e. The topological polar surface area (TPSA) is 0 Å². The van der Waals surface area contributed by atoms with Crippen LogP contribution >= 0.6 is 0 Å². The molecular weight excluding hydrogens is 376 g/mol. The molecule has 6 heavy (non-hydrogen) atoms. The second-order valence-electron chi connectivity index (χ2n) is 0. The molecule has 0 radical (unpaired) electrons. The van der Waals surface area contributed by atoms with Gasteiger partial charge in [-0.1, -0.05) is 0 Å². The van der Waals surface area contributed by atoms with E-state index in [1.807, 2.05) is 0 Å². The van der Waals surface area contributed by atoms with E-state index in [1.165, 1.54) is 0 Å². The van der Waals surface area contributed by atoms with Crippen LogP contribution < -0.4 is 101 Å². The maximum Gasteiger partial charge on any atom is 2.00 e. The molecule has 40 valence electrons. The fourth-order valence-electron chi connectivity index (χ4n) is 0. The molecule has 0 amide bonds. The zero-order chi connectivity index (χ0) is 0. The molecule has 0 spiro atoms. The second-order valence-corrected chi connectivity index (χ2v) is 0. The van der Waals surface area contributed by atoms with Crippen molar-refractivity contribution in [3.05, 3.63) is 0 Å². The Morgan fingerprint density at radius 3 is 0.500 bits per heavy atom. The molecule has 0 heterocycles. The van der Waals surface area contributed by atoms with E-state index in [0.29, 0.717) is 0 Å². The first-order chi connectivity index (χ1) is 0. The molecule has 0 aromatic heterocycles. The Kier molecular flexibility index (Phi) is 367. The van der Waals surface area contributed by atoms with Crippen molar-refractivity contribution < 1.29 is 122 Å². The van der Waals surface area contributed by atoms with E-state index in [1.54, 1.807) is 0 Å². The molecule has 0 unspecified atom stereocenters. The molecule has 0 aliphatic carbocycles. The van der Waals surface area contributed by atoms with Gasteiger partial charge in [-0.3, -0.25) is 0 Å². The van der Waals surface area contributed by atoms with Gasteiger partial charge in [0.25, 0.3) is 0 Å². The van der Waals surface area contributed by atoms with Crippen molar-refractivity contribution in [1.29, 1.82) is 0 Å². The molecule has 0 bridgehead atoms. The minimum absolute atomic E-state index is 0. The fourth-order valence-corrected chi connectivity index (χ4v) is 0. The van der Waals surface area contributed by atoms with Gasteiger partial charge in [0.15, 0.2) is 0 Å². The van der Waals surface area contributed by atoms with Crippen LogP contribution in [0.25, 0.3) is 0 Å². The predicted octanol–water partition coefficient (Wildman–Crippen LogP) is -15.0. The maximum absolute atomic E-state index is 0. The maximum atomic E-state index is 0. The molecule has 0 saturated heterocycles. The number of rotatable bonds is 0. The van der Waals surface area contributed by atoms with Gasteiger partial charge in [0.05, 0.1) is 0 Å². The Morgan fingerprint density at radius 1 is 0.500 bits per heavy atom. The Bertz CT molecular complexity index is 7.51. The first-order valence-electron chi connectivity index (χ1n) is 0. The van der Waals surface area contributed by atoms with Crippen LogP contribution in [-0.2, 0) is 21.1 Å². The fraction of sp³-hybridized carbons (Fsp3) is 0. The molecule has 0 atom stereocenters. The quantitative estimate of drug-likeness (QED) is 0.369. The van der Waals surface area contributed by atoms with Crippen molar-refractivity contribution in [2.75, 3.05) is 0 Å². The van der Waals surface area contributed by atoms with Gasteiger partial charge in [0.2, 0.25) is 0 Å². The molecule has 0 nitrogen and oxygen atoms in total. The Labute approximate surface area is 119 Å². The van der Waals surface area contributed by atoms with Gasteiger partial charge < -0.3 is 49.6 Å². The van der Waals surface area contributed by atoms with Crippen molar-refractivity contribution in [3.63, 3.8) is 0 Å². The first kappa shape index (κ1) is 56.2. The van der Waals surface area contributed by atoms with Crippen LogP contribution in [0, 0.1) is 0 Å². The standard InChI is InChI=1S/4ClH.K.Pt/h4*1H;;/q;;;;+1;+2/p-4. The average Bonchev–Trinajstić information content (AvgIpc) is 0. The van der Waals surface area contributed by atoms with E-state index in [2.05, 4.69) is 0 Å². The van der Waals surface area contributed by atoms with Crippen LogP contribution in [0.15, 0.2) is 0 Å². The minimum Gasteiger partial charge on any atom is -1.00 e. The summed E-state index contributed by atoms with van der Waals surface area (Å²) in [4.78, 5) is 0.